The molecule has 2 heterocycles. The van der Waals surface area contributed by atoms with E-state index in [-0.39, 0.29) is 5.91 Å². The zero-order valence-electron chi connectivity index (χ0n) is 13.9. The van der Waals surface area contributed by atoms with Gasteiger partial charge in [-0.2, -0.15) is 5.10 Å². The van der Waals surface area contributed by atoms with Crippen LogP contribution in [0.3, 0.4) is 0 Å². The van der Waals surface area contributed by atoms with Gasteiger partial charge in [-0.3, -0.25) is 9.89 Å². The number of fused-ring (bicyclic) bond motifs is 1. The van der Waals surface area contributed by atoms with E-state index in [1.54, 1.807) is 7.11 Å². The molecule has 0 saturated carbocycles. The summed E-state index contributed by atoms with van der Waals surface area (Å²) < 4.78 is 5.45. The summed E-state index contributed by atoms with van der Waals surface area (Å²) in [4.78, 5) is 17.0. The van der Waals surface area contributed by atoms with Crippen LogP contribution in [-0.2, 0) is 12.8 Å². The van der Waals surface area contributed by atoms with Crippen molar-refractivity contribution in [3.63, 3.8) is 0 Å². The van der Waals surface area contributed by atoms with E-state index in [4.69, 9.17) is 4.74 Å². The topological polar surface area (TPSA) is 61.5 Å². The molecule has 1 saturated heterocycles. The zero-order valence-corrected chi connectivity index (χ0v) is 13.9. The van der Waals surface area contributed by atoms with E-state index in [2.05, 4.69) is 21.2 Å². The van der Waals surface area contributed by atoms with Crippen molar-refractivity contribution >= 4 is 11.6 Å². The van der Waals surface area contributed by atoms with Crippen LogP contribution < -0.4 is 9.64 Å². The summed E-state index contributed by atoms with van der Waals surface area (Å²) in [5.41, 5.74) is 4.00. The van der Waals surface area contributed by atoms with Gasteiger partial charge in [0.2, 0.25) is 0 Å². The van der Waals surface area contributed by atoms with Crippen LogP contribution in [0.5, 0.6) is 5.75 Å². The first-order chi connectivity index (χ1) is 11.8. The second-order valence-electron chi connectivity index (χ2n) is 6.33. The number of piperazine rings is 1. The Labute approximate surface area is 141 Å². The van der Waals surface area contributed by atoms with Crippen molar-refractivity contribution in [3.05, 3.63) is 41.2 Å². The summed E-state index contributed by atoms with van der Waals surface area (Å²) in [6.45, 7) is 3.02. The molecule has 4 rings (SSSR count). The number of H-pyrrole nitrogens is 1. The fraction of sp³-hybridized carbons (Fsp3) is 0.444. The second-order valence-corrected chi connectivity index (χ2v) is 6.33. The Hall–Kier alpha value is -2.50. The van der Waals surface area contributed by atoms with Gasteiger partial charge < -0.3 is 14.5 Å². The molecule has 6 heteroatoms. The van der Waals surface area contributed by atoms with Crippen molar-refractivity contribution in [3.8, 4) is 5.75 Å². The molecule has 0 spiro atoms. The highest BCUT2D eigenvalue weighted by Gasteiger charge is 2.29. The van der Waals surface area contributed by atoms with E-state index in [1.165, 1.54) is 0 Å². The number of rotatable bonds is 3. The van der Waals surface area contributed by atoms with Crippen molar-refractivity contribution in [1.29, 1.82) is 0 Å². The van der Waals surface area contributed by atoms with Gasteiger partial charge in [0.15, 0.2) is 5.69 Å². The smallest absolute Gasteiger partial charge is 0.274 e. The number of para-hydroxylation sites is 2. The van der Waals surface area contributed by atoms with Gasteiger partial charge in [-0.25, -0.2) is 0 Å². The number of carbonyl (C=O) groups is 1. The average molecular weight is 326 g/mol. The molecule has 2 aromatic rings. The number of nitrogens with zero attached hydrogens (tertiary/aromatic N) is 3. The molecule has 1 aliphatic carbocycles. The van der Waals surface area contributed by atoms with Gasteiger partial charge in [-0.05, 0) is 31.4 Å². The molecule has 126 valence electrons. The van der Waals surface area contributed by atoms with Crippen LogP contribution in [0, 0.1) is 0 Å². The average Bonchev–Trinajstić information content (AvgIpc) is 3.25. The maximum Gasteiger partial charge on any atom is 0.274 e. The third-order valence-electron chi connectivity index (χ3n) is 5.00. The minimum absolute atomic E-state index is 0.0640. The van der Waals surface area contributed by atoms with E-state index in [0.717, 1.165) is 55.0 Å². The van der Waals surface area contributed by atoms with Gasteiger partial charge >= 0.3 is 0 Å². The molecule has 1 aromatic heterocycles. The van der Waals surface area contributed by atoms with Crippen LogP contribution in [0.2, 0.25) is 0 Å². The number of ether oxygens (including phenoxy) is 1. The maximum absolute atomic E-state index is 12.8. The molecule has 1 amide bonds. The van der Waals surface area contributed by atoms with Gasteiger partial charge in [-0.15, -0.1) is 0 Å². The van der Waals surface area contributed by atoms with Crippen LogP contribution in [0.1, 0.15) is 28.2 Å². The van der Waals surface area contributed by atoms with Gasteiger partial charge in [0.25, 0.3) is 5.91 Å². The number of nitrogens with one attached hydrogen (secondary N) is 1. The SMILES string of the molecule is COc1ccccc1N1CCN(C(=O)c2n[nH]c3c2CCC3)CC1. The number of methoxy groups -OCH3 is 1. The van der Waals surface area contributed by atoms with Crippen LogP contribution >= 0.6 is 0 Å². The van der Waals surface area contributed by atoms with Crippen molar-refractivity contribution in [2.24, 2.45) is 0 Å². The molecular formula is C18H22N4O2. The van der Waals surface area contributed by atoms with Crippen LogP contribution in [0.25, 0.3) is 0 Å². The Morgan fingerprint density at radius 1 is 1.17 bits per heavy atom. The second kappa shape index (κ2) is 6.19. The number of anilines is 1. The summed E-state index contributed by atoms with van der Waals surface area (Å²) in [6.07, 6.45) is 3.09. The summed E-state index contributed by atoms with van der Waals surface area (Å²) in [6, 6.07) is 8.03. The first-order valence-electron chi connectivity index (χ1n) is 8.51. The molecule has 24 heavy (non-hydrogen) atoms. The Bertz CT molecular complexity index is 747. The number of amides is 1. The third kappa shape index (κ3) is 2.52. The highest BCUT2D eigenvalue weighted by atomic mass is 16.5. The number of benzene rings is 1. The number of aromatic amines is 1. The van der Waals surface area contributed by atoms with Crippen molar-refractivity contribution in [2.75, 3.05) is 38.2 Å². The fourth-order valence-corrected chi connectivity index (χ4v) is 3.69. The lowest BCUT2D eigenvalue weighted by molar-refractivity contribution is 0.0739. The summed E-state index contributed by atoms with van der Waals surface area (Å²) in [7, 11) is 1.69. The lowest BCUT2D eigenvalue weighted by atomic mass is 10.1. The molecule has 0 atom stereocenters. The summed E-state index contributed by atoms with van der Waals surface area (Å²) >= 11 is 0. The minimum atomic E-state index is 0.0640. The first kappa shape index (κ1) is 15.1. The Balaban J connectivity index is 1.45. The van der Waals surface area contributed by atoms with E-state index in [1.807, 2.05) is 23.1 Å². The van der Waals surface area contributed by atoms with Crippen molar-refractivity contribution in [2.45, 2.75) is 19.3 Å². The lowest BCUT2D eigenvalue weighted by Gasteiger charge is -2.36. The normalized spacial score (nSPS) is 17.0. The Morgan fingerprint density at radius 2 is 1.96 bits per heavy atom. The molecule has 1 aliphatic heterocycles. The molecular weight excluding hydrogens is 304 g/mol. The quantitative estimate of drug-likeness (QED) is 0.935. The predicted octanol–water partition coefficient (Wildman–Crippen LogP) is 1.87. The molecule has 1 N–H and O–H groups in total. The molecule has 0 unspecified atom stereocenters. The highest BCUT2D eigenvalue weighted by molar-refractivity contribution is 5.94. The summed E-state index contributed by atoms with van der Waals surface area (Å²) in [5.74, 6) is 0.941. The predicted molar refractivity (Wildman–Crippen MR) is 91.7 cm³/mol. The first-order valence-corrected chi connectivity index (χ1v) is 8.51. The molecule has 0 radical (unpaired) electrons. The molecule has 1 aromatic carbocycles. The van der Waals surface area contributed by atoms with E-state index in [9.17, 15) is 4.79 Å². The molecule has 0 bridgehead atoms. The zero-order chi connectivity index (χ0) is 16.5. The number of hydrogen-bond acceptors (Lipinski definition) is 4. The van der Waals surface area contributed by atoms with Gasteiger partial charge in [0, 0.05) is 37.4 Å². The largest absolute Gasteiger partial charge is 0.495 e. The number of aromatic nitrogens is 2. The fourth-order valence-electron chi connectivity index (χ4n) is 3.69. The maximum atomic E-state index is 12.8. The number of carbonyl (C=O) groups excluding carboxylic acids is 1. The van der Waals surface area contributed by atoms with E-state index < -0.39 is 0 Å². The van der Waals surface area contributed by atoms with E-state index in [0.29, 0.717) is 18.8 Å². The monoisotopic (exact) mass is 326 g/mol. The summed E-state index contributed by atoms with van der Waals surface area (Å²) in [5, 5.41) is 7.30. The molecule has 2 aliphatic rings. The highest BCUT2D eigenvalue weighted by Crippen LogP contribution is 2.29. The number of aryl methyl sites for hydroxylation is 1. The number of hydrogen-bond donors (Lipinski definition) is 1. The minimum Gasteiger partial charge on any atom is -0.495 e. The molecule has 1 fully saturated rings. The Morgan fingerprint density at radius 3 is 2.75 bits per heavy atom. The van der Waals surface area contributed by atoms with Crippen molar-refractivity contribution < 1.29 is 9.53 Å². The third-order valence-corrected chi connectivity index (χ3v) is 5.00. The van der Waals surface area contributed by atoms with Crippen LogP contribution in [-0.4, -0.2) is 54.3 Å². The van der Waals surface area contributed by atoms with Crippen LogP contribution in [0.4, 0.5) is 5.69 Å². The molecule has 6 nitrogen and oxygen atoms in total. The van der Waals surface area contributed by atoms with Gasteiger partial charge in [-0.1, -0.05) is 12.1 Å². The van der Waals surface area contributed by atoms with E-state index >= 15 is 0 Å². The standard InChI is InChI=1S/C18H22N4O2/c1-24-16-8-3-2-7-15(16)21-9-11-22(12-10-21)18(23)17-13-5-4-6-14(13)19-20-17/h2-3,7-8H,4-6,9-12H2,1H3,(H,19,20). The van der Waals surface area contributed by atoms with Crippen LogP contribution in [0.15, 0.2) is 24.3 Å². The van der Waals surface area contributed by atoms with Gasteiger partial charge in [0.05, 0.1) is 12.8 Å². The Kier molecular flexibility index (Phi) is 3.88. The van der Waals surface area contributed by atoms with Crippen molar-refractivity contribution in [1.82, 2.24) is 15.1 Å². The lowest BCUT2D eigenvalue weighted by Crippen LogP contribution is -2.49. The van der Waals surface area contributed by atoms with Gasteiger partial charge in [0.1, 0.15) is 5.75 Å².